The SMILES string of the molecule is CC(=O)Oc1ccc([N+](=O)[O-])cc1[C@H]1OC(c2nc3nc(C)cc(C)n3n2)=NN1C(C)=O. The van der Waals surface area contributed by atoms with Crippen molar-refractivity contribution in [3.63, 3.8) is 0 Å². The molecule has 13 nitrogen and oxygen atoms in total. The predicted octanol–water partition coefficient (Wildman–Crippen LogP) is 1.81. The first-order chi connectivity index (χ1) is 15.1. The second-order valence-electron chi connectivity index (χ2n) is 7.00. The zero-order chi connectivity index (χ0) is 23.2. The highest BCUT2D eigenvalue weighted by Crippen LogP contribution is 2.37. The molecule has 13 heteroatoms. The van der Waals surface area contributed by atoms with E-state index in [4.69, 9.17) is 9.47 Å². The number of aromatic nitrogens is 4. The Bertz CT molecular complexity index is 1310. The van der Waals surface area contributed by atoms with E-state index >= 15 is 0 Å². The summed E-state index contributed by atoms with van der Waals surface area (Å²) in [7, 11) is 0. The molecule has 0 saturated carbocycles. The molecule has 1 amide bonds. The summed E-state index contributed by atoms with van der Waals surface area (Å²) in [6.45, 7) is 6.08. The van der Waals surface area contributed by atoms with Crippen LogP contribution in [-0.4, -0.2) is 47.3 Å². The number of benzene rings is 1. The largest absolute Gasteiger partial charge is 0.443 e. The Balaban J connectivity index is 1.78. The number of nitro groups is 1. The number of non-ortho nitro benzene ring substituents is 1. The Kier molecular flexibility index (Phi) is 5.00. The number of carbonyl (C=O) groups excluding carboxylic acids is 2. The van der Waals surface area contributed by atoms with Gasteiger partial charge in [0.1, 0.15) is 5.75 Å². The molecule has 0 aliphatic carbocycles. The number of carbonyl (C=O) groups is 2. The number of hydrazone groups is 1. The molecule has 0 bridgehead atoms. The van der Waals surface area contributed by atoms with Gasteiger partial charge in [-0.3, -0.25) is 19.7 Å². The average Bonchev–Trinajstić information content (AvgIpc) is 3.32. The molecule has 164 valence electrons. The van der Waals surface area contributed by atoms with Crippen LogP contribution < -0.4 is 4.74 Å². The van der Waals surface area contributed by atoms with Gasteiger partial charge in [0, 0.05) is 37.4 Å². The molecule has 1 atom stereocenters. The molecule has 0 unspecified atom stereocenters. The fraction of sp³-hybridized carbons (Fsp3) is 0.263. The quantitative estimate of drug-likeness (QED) is 0.256. The molecule has 0 spiro atoms. The number of hydrogen-bond acceptors (Lipinski definition) is 10. The van der Waals surface area contributed by atoms with Gasteiger partial charge in [0.2, 0.25) is 18.0 Å². The Morgan fingerprint density at radius 3 is 2.59 bits per heavy atom. The van der Waals surface area contributed by atoms with E-state index in [-0.39, 0.29) is 28.7 Å². The molecule has 1 aliphatic rings. The summed E-state index contributed by atoms with van der Waals surface area (Å²) in [6.07, 6.45) is -1.24. The van der Waals surface area contributed by atoms with Crippen molar-refractivity contribution in [2.75, 3.05) is 0 Å². The Morgan fingerprint density at radius 1 is 1.19 bits per heavy atom. The summed E-state index contributed by atoms with van der Waals surface area (Å²) in [4.78, 5) is 43.1. The van der Waals surface area contributed by atoms with Gasteiger partial charge >= 0.3 is 5.97 Å². The molecule has 3 heterocycles. The van der Waals surface area contributed by atoms with E-state index < -0.39 is 23.0 Å². The first-order valence-electron chi connectivity index (χ1n) is 9.37. The maximum atomic E-state index is 12.3. The van der Waals surface area contributed by atoms with Crippen molar-refractivity contribution in [2.45, 2.75) is 33.9 Å². The number of aryl methyl sites for hydroxylation is 2. The normalized spacial score (nSPS) is 15.4. The first-order valence-corrected chi connectivity index (χ1v) is 9.37. The lowest BCUT2D eigenvalue weighted by molar-refractivity contribution is -0.385. The van der Waals surface area contributed by atoms with E-state index in [9.17, 15) is 19.7 Å². The third-order valence-electron chi connectivity index (χ3n) is 4.50. The van der Waals surface area contributed by atoms with Crippen LogP contribution in [0.4, 0.5) is 5.69 Å². The molecule has 4 rings (SSSR count). The van der Waals surface area contributed by atoms with Crippen molar-refractivity contribution in [3.8, 4) is 5.75 Å². The first kappa shape index (κ1) is 20.8. The topological polar surface area (TPSA) is 154 Å². The summed E-state index contributed by atoms with van der Waals surface area (Å²) in [5.41, 5.74) is 1.31. The summed E-state index contributed by atoms with van der Waals surface area (Å²) >= 11 is 0. The van der Waals surface area contributed by atoms with Crippen LogP contribution in [0.5, 0.6) is 5.75 Å². The van der Waals surface area contributed by atoms with E-state index in [1.54, 1.807) is 0 Å². The van der Waals surface area contributed by atoms with Crippen molar-refractivity contribution >= 4 is 29.2 Å². The van der Waals surface area contributed by atoms with Gasteiger partial charge in [-0.15, -0.1) is 10.2 Å². The molecule has 3 aromatic rings. The average molecular weight is 439 g/mol. The van der Waals surface area contributed by atoms with Crippen LogP contribution in [0, 0.1) is 24.0 Å². The summed E-state index contributed by atoms with van der Waals surface area (Å²) < 4.78 is 12.5. The van der Waals surface area contributed by atoms with Gasteiger partial charge in [-0.1, -0.05) is 0 Å². The van der Waals surface area contributed by atoms with Gasteiger partial charge in [0.25, 0.3) is 17.4 Å². The molecule has 0 radical (unpaired) electrons. The number of esters is 1. The lowest BCUT2D eigenvalue weighted by Gasteiger charge is -2.20. The lowest BCUT2D eigenvalue weighted by Crippen LogP contribution is -2.26. The maximum absolute atomic E-state index is 12.3. The van der Waals surface area contributed by atoms with Gasteiger partial charge in [-0.25, -0.2) is 9.50 Å². The number of nitro benzene ring substituents is 1. The van der Waals surface area contributed by atoms with Crippen molar-refractivity contribution in [3.05, 3.63) is 57.2 Å². The van der Waals surface area contributed by atoms with E-state index in [1.165, 1.54) is 30.5 Å². The fourth-order valence-corrected chi connectivity index (χ4v) is 3.20. The minimum absolute atomic E-state index is 0.00750. The van der Waals surface area contributed by atoms with Gasteiger partial charge in [-0.05, 0) is 26.0 Å². The Hall–Kier alpha value is -4.42. The minimum Gasteiger partial charge on any atom is -0.443 e. The van der Waals surface area contributed by atoms with Gasteiger partial charge in [-0.2, -0.15) is 9.99 Å². The highest BCUT2D eigenvalue weighted by Gasteiger charge is 2.38. The van der Waals surface area contributed by atoms with Crippen LogP contribution in [0.1, 0.15) is 42.9 Å². The van der Waals surface area contributed by atoms with Crippen molar-refractivity contribution in [2.24, 2.45) is 5.10 Å². The molecular weight excluding hydrogens is 422 g/mol. The highest BCUT2D eigenvalue weighted by molar-refractivity contribution is 5.93. The molecule has 32 heavy (non-hydrogen) atoms. The Labute approximate surface area is 180 Å². The second kappa shape index (κ2) is 7.68. The van der Waals surface area contributed by atoms with Crippen LogP contribution >= 0.6 is 0 Å². The standard InChI is InChI=1S/C19H17N7O6/c1-9-7-10(2)24-19(20-9)21-16(22-24)17-23-25(11(3)27)18(32-17)14-8-13(26(29)30)5-6-15(14)31-12(4)28/h5-8,18H,1-4H3/t18-/m1/s1. The fourth-order valence-electron chi connectivity index (χ4n) is 3.20. The number of ether oxygens (including phenoxy) is 2. The molecule has 1 aliphatic heterocycles. The summed E-state index contributed by atoms with van der Waals surface area (Å²) in [5.74, 6) is -0.872. The molecule has 1 aromatic carbocycles. The molecule has 0 saturated heterocycles. The number of fused-ring (bicyclic) bond motifs is 1. The van der Waals surface area contributed by atoms with Crippen LogP contribution in [0.25, 0.3) is 5.78 Å². The third-order valence-corrected chi connectivity index (χ3v) is 4.50. The van der Waals surface area contributed by atoms with E-state index in [0.29, 0.717) is 5.78 Å². The summed E-state index contributed by atoms with van der Waals surface area (Å²) in [6, 6.07) is 5.41. The van der Waals surface area contributed by atoms with Gasteiger partial charge in [0.15, 0.2) is 0 Å². The predicted molar refractivity (Wildman–Crippen MR) is 108 cm³/mol. The zero-order valence-electron chi connectivity index (χ0n) is 17.5. The van der Waals surface area contributed by atoms with E-state index in [2.05, 4.69) is 20.2 Å². The Morgan fingerprint density at radius 2 is 1.94 bits per heavy atom. The van der Waals surface area contributed by atoms with Crippen molar-refractivity contribution < 1.29 is 24.0 Å². The number of nitrogens with zero attached hydrogens (tertiary/aromatic N) is 7. The van der Waals surface area contributed by atoms with E-state index in [0.717, 1.165) is 22.5 Å². The van der Waals surface area contributed by atoms with Gasteiger partial charge < -0.3 is 9.47 Å². The van der Waals surface area contributed by atoms with Gasteiger partial charge in [0.05, 0.1) is 10.5 Å². The minimum atomic E-state index is -1.24. The monoisotopic (exact) mass is 439 g/mol. The van der Waals surface area contributed by atoms with Crippen molar-refractivity contribution in [1.29, 1.82) is 0 Å². The van der Waals surface area contributed by atoms with Crippen LogP contribution in [0.3, 0.4) is 0 Å². The highest BCUT2D eigenvalue weighted by atomic mass is 16.6. The zero-order valence-corrected chi connectivity index (χ0v) is 17.5. The number of rotatable bonds is 4. The third kappa shape index (κ3) is 3.71. The van der Waals surface area contributed by atoms with Crippen LogP contribution in [0.2, 0.25) is 0 Å². The smallest absolute Gasteiger partial charge is 0.308 e. The van der Waals surface area contributed by atoms with Crippen molar-refractivity contribution in [1.82, 2.24) is 24.6 Å². The van der Waals surface area contributed by atoms with Crippen LogP contribution in [-0.2, 0) is 14.3 Å². The molecule has 2 aromatic heterocycles. The van der Waals surface area contributed by atoms with E-state index in [1.807, 2.05) is 19.9 Å². The number of hydrogen-bond donors (Lipinski definition) is 0. The number of amides is 1. The maximum Gasteiger partial charge on any atom is 0.308 e. The molecule has 0 N–H and O–H groups in total. The molecule has 0 fully saturated rings. The second-order valence-corrected chi connectivity index (χ2v) is 7.00. The lowest BCUT2D eigenvalue weighted by atomic mass is 10.1. The molecular formula is C19H17N7O6. The van der Waals surface area contributed by atoms with Crippen LogP contribution in [0.15, 0.2) is 29.4 Å². The summed E-state index contributed by atoms with van der Waals surface area (Å²) in [5, 5.41) is 20.7.